The molecule has 0 aliphatic rings. The third kappa shape index (κ3) is 8.23. The monoisotopic (exact) mass is 581 g/mol. The number of carbonyl (C=O) groups is 2. The normalized spacial score (nSPS) is 11.8. The highest BCUT2D eigenvalue weighted by molar-refractivity contribution is 7.92. The lowest BCUT2D eigenvalue weighted by molar-refractivity contribution is -0.138. The van der Waals surface area contributed by atoms with Crippen molar-refractivity contribution in [1.82, 2.24) is 10.2 Å². The van der Waals surface area contributed by atoms with Crippen LogP contribution in [0.3, 0.4) is 0 Å². The van der Waals surface area contributed by atoms with E-state index in [1.165, 1.54) is 37.3 Å². The van der Waals surface area contributed by atoms with Crippen molar-refractivity contribution < 1.29 is 27.5 Å². The van der Waals surface area contributed by atoms with Crippen molar-refractivity contribution in [2.24, 2.45) is 0 Å². The molecule has 0 aromatic heterocycles. The van der Waals surface area contributed by atoms with Gasteiger partial charge >= 0.3 is 0 Å². The molecule has 3 rings (SSSR count). The molecule has 0 aliphatic heterocycles. The Morgan fingerprint density at radius 3 is 2.15 bits per heavy atom. The van der Waals surface area contributed by atoms with Crippen molar-refractivity contribution in [2.45, 2.75) is 44.0 Å². The molecule has 0 heterocycles. The molecule has 0 aliphatic carbocycles. The fourth-order valence-corrected chi connectivity index (χ4v) is 5.76. The summed E-state index contributed by atoms with van der Waals surface area (Å²) in [4.78, 5) is 28.5. The number of carbonyl (C=O) groups excluding carboxylic acids is 2. The molecule has 3 aromatic carbocycles. The number of anilines is 1. The third-order valence-corrected chi connectivity index (χ3v) is 8.53. The Bertz CT molecular complexity index is 1380. The average molecular weight is 582 g/mol. The Balaban J connectivity index is 1.99. The van der Waals surface area contributed by atoms with E-state index in [1.54, 1.807) is 37.3 Å². The van der Waals surface area contributed by atoms with Gasteiger partial charge in [-0.05, 0) is 49.6 Å². The molecule has 0 saturated carbocycles. The molecule has 10 heteroatoms. The minimum atomic E-state index is -4.17. The maximum Gasteiger partial charge on any atom is 0.264 e. The predicted molar refractivity (Wildman–Crippen MR) is 160 cm³/mol. The summed E-state index contributed by atoms with van der Waals surface area (Å²) in [5, 5.41) is 2.89. The van der Waals surface area contributed by atoms with Gasteiger partial charge in [0.05, 0.1) is 24.8 Å². The molecule has 0 fully saturated rings. The Morgan fingerprint density at radius 1 is 0.902 bits per heavy atom. The maximum atomic E-state index is 14.0. The number of amides is 2. The lowest BCUT2D eigenvalue weighted by atomic mass is 10.1. The van der Waals surface area contributed by atoms with E-state index in [1.807, 2.05) is 37.3 Å². The topological polar surface area (TPSA) is 105 Å². The van der Waals surface area contributed by atoms with E-state index in [-0.39, 0.29) is 23.0 Å². The molecule has 0 radical (unpaired) electrons. The summed E-state index contributed by atoms with van der Waals surface area (Å²) >= 11 is 0. The zero-order valence-electron chi connectivity index (χ0n) is 24.1. The Morgan fingerprint density at radius 2 is 1.54 bits per heavy atom. The van der Waals surface area contributed by atoms with Gasteiger partial charge in [-0.1, -0.05) is 61.9 Å². The van der Waals surface area contributed by atoms with Gasteiger partial charge in [0, 0.05) is 19.2 Å². The first-order valence-electron chi connectivity index (χ1n) is 13.6. The molecule has 0 bridgehead atoms. The zero-order chi connectivity index (χ0) is 29.8. The van der Waals surface area contributed by atoms with Crippen LogP contribution in [0, 0.1) is 0 Å². The van der Waals surface area contributed by atoms with Crippen molar-refractivity contribution in [3.05, 3.63) is 84.4 Å². The number of nitrogens with one attached hydrogen (secondary N) is 1. The van der Waals surface area contributed by atoms with E-state index >= 15 is 0 Å². The van der Waals surface area contributed by atoms with Crippen LogP contribution in [0.1, 0.15) is 32.3 Å². The average Bonchev–Trinajstić information content (AvgIpc) is 3.00. The number of benzene rings is 3. The summed E-state index contributed by atoms with van der Waals surface area (Å²) < 4.78 is 39.6. The number of hydrogen-bond donors (Lipinski definition) is 1. The lowest BCUT2D eigenvalue weighted by Gasteiger charge is -2.32. The van der Waals surface area contributed by atoms with E-state index < -0.39 is 28.5 Å². The molecule has 1 atom stereocenters. The van der Waals surface area contributed by atoms with Crippen LogP contribution < -0.4 is 19.1 Å². The van der Waals surface area contributed by atoms with Crippen molar-refractivity contribution >= 4 is 27.5 Å². The van der Waals surface area contributed by atoms with E-state index in [4.69, 9.17) is 9.47 Å². The van der Waals surface area contributed by atoms with Crippen LogP contribution in [0.5, 0.6) is 11.5 Å². The first-order chi connectivity index (χ1) is 19.7. The van der Waals surface area contributed by atoms with Crippen molar-refractivity contribution in [2.75, 3.05) is 38.2 Å². The number of methoxy groups -OCH3 is 2. The molecule has 0 unspecified atom stereocenters. The van der Waals surface area contributed by atoms with Crippen LogP contribution in [0.2, 0.25) is 0 Å². The maximum absolute atomic E-state index is 14.0. The van der Waals surface area contributed by atoms with Crippen LogP contribution >= 0.6 is 0 Å². The van der Waals surface area contributed by atoms with Crippen LogP contribution in [0.4, 0.5) is 5.69 Å². The molecule has 0 spiro atoms. The van der Waals surface area contributed by atoms with Crippen LogP contribution in [-0.2, 0) is 26.0 Å². The molecular weight excluding hydrogens is 542 g/mol. The number of unbranched alkanes of at least 4 members (excludes halogenated alkanes) is 1. The van der Waals surface area contributed by atoms with Crippen molar-refractivity contribution in [1.29, 1.82) is 0 Å². The summed E-state index contributed by atoms with van der Waals surface area (Å²) in [6.45, 7) is 3.91. The summed E-state index contributed by atoms with van der Waals surface area (Å²) in [7, 11) is -1.23. The van der Waals surface area contributed by atoms with Gasteiger partial charge < -0.3 is 19.7 Å². The summed E-state index contributed by atoms with van der Waals surface area (Å²) in [5.41, 5.74) is 1.22. The Labute approximate surface area is 243 Å². The second kappa shape index (κ2) is 15.1. The lowest BCUT2D eigenvalue weighted by Crippen LogP contribution is -2.52. The molecule has 220 valence electrons. The van der Waals surface area contributed by atoms with Crippen molar-refractivity contribution in [3.8, 4) is 11.5 Å². The Hall–Kier alpha value is -4.05. The first-order valence-corrected chi connectivity index (χ1v) is 15.1. The fourth-order valence-electron chi connectivity index (χ4n) is 4.33. The van der Waals surface area contributed by atoms with Gasteiger partial charge in [-0.2, -0.15) is 0 Å². The highest BCUT2D eigenvalue weighted by Crippen LogP contribution is 2.34. The third-order valence-electron chi connectivity index (χ3n) is 6.75. The number of nitrogens with zero attached hydrogens (tertiary/aromatic N) is 2. The summed E-state index contributed by atoms with van der Waals surface area (Å²) in [6, 6.07) is 21.4. The summed E-state index contributed by atoms with van der Waals surface area (Å²) in [6.07, 6.45) is 2.24. The molecule has 41 heavy (non-hydrogen) atoms. The van der Waals surface area contributed by atoms with Gasteiger partial charge in [0.2, 0.25) is 11.8 Å². The minimum absolute atomic E-state index is 0.0313. The fraction of sp³-hybridized carbons (Fsp3) is 0.355. The van der Waals surface area contributed by atoms with Gasteiger partial charge in [-0.25, -0.2) is 8.42 Å². The van der Waals surface area contributed by atoms with E-state index in [0.29, 0.717) is 24.5 Å². The number of ether oxygens (including phenoxy) is 2. The van der Waals surface area contributed by atoms with Gasteiger partial charge in [0.1, 0.15) is 12.6 Å². The molecule has 9 nitrogen and oxygen atoms in total. The van der Waals surface area contributed by atoms with Gasteiger partial charge in [0.15, 0.2) is 11.5 Å². The number of rotatable bonds is 15. The van der Waals surface area contributed by atoms with Crippen LogP contribution in [-0.4, -0.2) is 65.0 Å². The molecular formula is C31H39N3O6S. The van der Waals surface area contributed by atoms with Crippen molar-refractivity contribution in [3.63, 3.8) is 0 Å². The molecule has 0 saturated heterocycles. The minimum Gasteiger partial charge on any atom is -0.493 e. The predicted octanol–water partition coefficient (Wildman–Crippen LogP) is 4.28. The van der Waals surface area contributed by atoms with E-state index in [0.717, 1.165) is 22.7 Å². The van der Waals surface area contributed by atoms with Gasteiger partial charge in [-0.15, -0.1) is 0 Å². The molecule has 3 aromatic rings. The standard InChI is InChI=1S/C31H39N3O6S/c1-5-6-20-32-31(36)24(2)33(21-19-25-13-9-7-10-14-25)30(35)23-34(41(37,38)27-15-11-8-12-16-27)26-17-18-28(39-3)29(22-26)40-4/h7-18,22,24H,5-6,19-21,23H2,1-4H3,(H,32,36)/t24-/m0/s1. The van der Waals surface area contributed by atoms with Crippen LogP contribution in [0.25, 0.3) is 0 Å². The second-order valence-electron chi connectivity index (χ2n) is 9.51. The van der Waals surface area contributed by atoms with E-state index in [9.17, 15) is 18.0 Å². The molecule has 2 amide bonds. The molecule has 1 N–H and O–H groups in total. The highest BCUT2D eigenvalue weighted by Gasteiger charge is 2.32. The smallest absolute Gasteiger partial charge is 0.264 e. The SMILES string of the molecule is CCCCNC(=O)[C@H](C)N(CCc1ccccc1)C(=O)CN(c1ccc(OC)c(OC)c1)S(=O)(=O)c1ccccc1. The quantitative estimate of drug-likeness (QED) is 0.269. The second-order valence-corrected chi connectivity index (χ2v) is 11.4. The highest BCUT2D eigenvalue weighted by atomic mass is 32.2. The summed E-state index contributed by atoms with van der Waals surface area (Å²) in [5.74, 6) is -0.0615. The Kier molecular flexibility index (Phi) is 11.6. The number of hydrogen-bond acceptors (Lipinski definition) is 6. The van der Waals surface area contributed by atoms with Crippen LogP contribution in [0.15, 0.2) is 83.8 Å². The first kappa shape index (κ1) is 31.5. The largest absolute Gasteiger partial charge is 0.493 e. The zero-order valence-corrected chi connectivity index (χ0v) is 24.9. The van der Waals surface area contributed by atoms with Gasteiger partial charge in [-0.3, -0.25) is 13.9 Å². The number of sulfonamides is 1. The van der Waals surface area contributed by atoms with E-state index in [2.05, 4.69) is 5.32 Å². The van der Waals surface area contributed by atoms with Gasteiger partial charge in [0.25, 0.3) is 10.0 Å².